The first-order valence-electron chi connectivity index (χ1n) is 6.32. The van der Waals surface area contributed by atoms with Crippen LogP contribution in [0, 0.1) is 0 Å². The van der Waals surface area contributed by atoms with Gasteiger partial charge in [-0.05, 0) is 32.4 Å². The molecule has 2 N–H and O–H groups in total. The average Bonchev–Trinajstić information content (AvgIpc) is 2.34. The van der Waals surface area contributed by atoms with Gasteiger partial charge in [0.25, 0.3) is 5.91 Å². The Hall–Kier alpha value is -1.55. The Labute approximate surface area is 109 Å². The fourth-order valence-corrected chi connectivity index (χ4v) is 1.65. The van der Waals surface area contributed by atoms with Crippen LogP contribution < -0.4 is 10.6 Å². The van der Waals surface area contributed by atoms with Crippen molar-refractivity contribution in [2.24, 2.45) is 0 Å². The highest BCUT2D eigenvalue weighted by molar-refractivity contribution is 5.97. The van der Waals surface area contributed by atoms with Crippen LogP contribution in [0.1, 0.15) is 27.2 Å². The fraction of sp³-hybridized carbons (Fsp3) is 0.500. The van der Waals surface area contributed by atoms with Crippen LogP contribution in [-0.4, -0.2) is 25.2 Å². The van der Waals surface area contributed by atoms with Crippen molar-refractivity contribution in [1.82, 2.24) is 0 Å². The van der Waals surface area contributed by atoms with Crippen molar-refractivity contribution in [3.05, 3.63) is 24.3 Å². The molecule has 0 unspecified atom stereocenters. The number of nitrogens with two attached hydrogens (primary N) is 1. The maximum absolute atomic E-state index is 12.1. The van der Waals surface area contributed by atoms with Crippen molar-refractivity contribution in [3.8, 4) is 0 Å². The molecule has 4 heteroatoms. The van der Waals surface area contributed by atoms with E-state index in [0.29, 0.717) is 12.2 Å². The molecular weight excluding hydrogens is 228 g/mol. The van der Waals surface area contributed by atoms with Gasteiger partial charge in [-0.15, -0.1) is 0 Å². The van der Waals surface area contributed by atoms with Gasteiger partial charge in [0.2, 0.25) is 0 Å². The third-order valence-electron chi connectivity index (χ3n) is 2.52. The lowest BCUT2D eigenvalue weighted by Crippen LogP contribution is -2.35. The van der Waals surface area contributed by atoms with E-state index in [-0.39, 0.29) is 18.6 Å². The second-order valence-electron chi connectivity index (χ2n) is 4.46. The molecule has 1 rings (SSSR count). The lowest BCUT2D eigenvalue weighted by molar-refractivity contribution is -0.124. The SMILES string of the molecule is CCCN(C(=O)COC(C)C)c1ccccc1N. The molecule has 0 bridgehead atoms. The molecule has 0 aromatic heterocycles. The number of carbonyl (C=O) groups is 1. The van der Waals surface area contributed by atoms with E-state index in [0.717, 1.165) is 12.1 Å². The first-order valence-corrected chi connectivity index (χ1v) is 6.32. The smallest absolute Gasteiger partial charge is 0.253 e. The van der Waals surface area contributed by atoms with Crippen LogP contribution in [0.4, 0.5) is 11.4 Å². The molecule has 0 aliphatic carbocycles. The zero-order chi connectivity index (χ0) is 13.5. The Morgan fingerprint density at radius 3 is 2.61 bits per heavy atom. The first kappa shape index (κ1) is 14.5. The molecule has 1 amide bonds. The van der Waals surface area contributed by atoms with Crippen molar-refractivity contribution in [2.75, 3.05) is 23.8 Å². The van der Waals surface area contributed by atoms with Crippen molar-refractivity contribution in [1.29, 1.82) is 0 Å². The highest BCUT2D eigenvalue weighted by Crippen LogP contribution is 2.22. The Bertz CT molecular complexity index is 391. The fourth-order valence-electron chi connectivity index (χ4n) is 1.65. The molecule has 0 aliphatic heterocycles. The molecule has 0 saturated carbocycles. The van der Waals surface area contributed by atoms with Crippen LogP contribution in [0.5, 0.6) is 0 Å². The van der Waals surface area contributed by atoms with Crippen LogP contribution >= 0.6 is 0 Å². The number of nitrogens with zero attached hydrogens (tertiary/aromatic N) is 1. The number of hydrogen-bond donors (Lipinski definition) is 1. The number of para-hydroxylation sites is 2. The molecular formula is C14H22N2O2. The average molecular weight is 250 g/mol. The summed E-state index contributed by atoms with van der Waals surface area (Å²) in [5.41, 5.74) is 7.29. The molecule has 1 aromatic rings. The van der Waals surface area contributed by atoms with Crippen LogP contribution in [0.3, 0.4) is 0 Å². The number of anilines is 2. The minimum absolute atomic E-state index is 0.0468. The van der Waals surface area contributed by atoms with E-state index in [1.807, 2.05) is 39.0 Å². The maximum Gasteiger partial charge on any atom is 0.253 e. The summed E-state index contributed by atoms with van der Waals surface area (Å²) in [6.07, 6.45) is 0.924. The van der Waals surface area contributed by atoms with E-state index in [2.05, 4.69) is 0 Å². The van der Waals surface area contributed by atoms with Gasteiger partial charge < -0.3 is 15.4 Å². The van der Waals surface area contributed by atoms with E-state index in [1.54, 1.807) is 11.0 Å². The van der Waals surface area contributed by atoms with Crippen molar-refractivity contribution >= 4 is 17.3 Å². The molecule has 0 fully saturated rings. The summed E-state index contributed by atoms with van der Waals surface area (Å²) in [5, 5.41) is 0. The Morgan fingerprint density at radius 2 is 2.06 bits per heavy atom. The van der Waals surface area contributed by atoms with Gasteiger partial charge in [0, 0.05) is 6.54 Å². The standard InChI is InChI=1S/C14H22N2O2/c1-4-9-16(14(17)10-18-11(2)3)13-8-6-5-7-12(13)15/h5-8,11H,4,9-10,15H2,1-3H3. The lowest BCUT2D eigenvalue weighted by atomic mass is 10.2. The molecule has 0 atom stereocenters. The third kappa shape index (κ3) is 4.04. The Kier molecular flexibility index (Phi) is 5.65. The number of nitrogen functional groups attached to an aromatic ring is 1. The summed E-state index contributed by atoms with van der Waals surface area (Å²) in [7, 11) is 0. The predicted molar refractivity (Wildman–Crippen MR) is 74.6 cm³/mol. The summed E-state index contributed by atoms with van der Waals surface area (Å²) in [6, 6.07) is 7.40. The predicted octanol–water partition coefficient (Wildman–Crippen LogP) is 2.44. The van der Waals surface area contributed by atoms with Gasteiger partial charge in [-0.25, -0.2) is 0 Å². The lowest BCUT2D eigenvalue weighted by Gasteiger charge is -2.24. The zero-order valence-corrected chi connectivity index (χ0v) is 11.3. The second-order valence-corrected chi connectivity index (χ2v) is 4.46. The summed E-state index contributed by atoms with van der Waals surface area (Å²) < 4.78 is 5.36. The van der Waals surface area contributed by atoms with Gasteiger partial charge in [-0.2, -0.15) is 0 Å². The monoisotopic (exact) mass is 250 g/mol. The molecule has 18 heavy (non-hydrogen) atoms. The molecule has 100 valence electrons. The Morgan fingerprint density at radius 1 is 1.39 bits per heavy atom. The Balaban J connectivity index is 2.82. The van der Waals surface area contributed by atoms with Crippen LogP contribution in [-0.2, 0) is 9.53 Å². The molecule has 0 saturated heterocycles. The number of ether oxygens (including phenoxy) is 1. The van der Waals surface area contributed by atoms with Crippen LogP contribution in [0.25, 0.3) is 0 Å². The molecule has 0 spiro atoms. The number of rotatable bonds is 6. The highest BCUT2D eigenvalue weighted by atomic mass is 16.5. The van der Waals surface area contributed by atoms with E-state index in [4.69, 9.17) is 10.5 Å². The minimum atomic E-state index is -0.0524. The van der Waals surface area contributed by atoms with Gasteiger partial charge in [-0.1, -0.05) is 19.1 Å². The van der Waals surface area contributed by atoms with Gasteiger partial charge in [-0.3, -0.25) is 4.79 Å². The van der Waals surface area contributed by atoms with Gasteiger partial charge >= 0.3 is 0 Å². The normalized spacial score (nSPS) is 10.7. The van der Waals surface area contributed by atoms with E-state index < -0.39 is 0 Å². The molecule has 0 radical (unpaired) electrons. The molecule has 1 aromatic carbocycles. The number of amides is 1. The number of benzene rings is 1. The quantitative estimate of drug-likeness (QED) is 0.789. The van der Waals surface area contributed by atoms with Crippen molar-refractivity contribution in [2.45, 2.75) is 33.3 Å². The van der Waals surface area contributed by atoms with Crippen molar-refractivity contribution < 1.29 is 9.53 Å². The van der Waals surface area contributed by atoms with E-state index in [9.17, 15) is 4.79 Å². The summed E-state index contributed by atoms with van der Waals surface area (Å²) >= 11 is 0. The molecule has 4 nitrogen and oxygen atoms in total. The van der Waals surface area contributed by atoms with Crippen molar-refractivity contribution in [3.63, 3.8) is 0 Å². The first-order chi connectivity index (χ1) is 8.56. The third-order valence-corrected chi connectivity index (χ3v) is 2.52. The zero-order valence-electron chi connectivity index (χ0n) is 11.3. The van der Waals surface area contributed by atoms with Gasteiger partial charge in [0.05, 0.1) is 17.5 Å². The summed E-state index contributed by atoms with van der Waals surface area (Å²) in [5.74, 6) is -0.0524. The van der Waals surface area contributed by atoms with E-state index >= 15 is 0 Å². The number of carbonyl (C=O) groups excluding carboxylic acids is 1. The highest BCUT2D eigenvalue weighted by Gasteiger charge is 2.17. The van der Waals surface area contributed by atoms with E-state index in [1.165, 1.54) is 0 Å². The molecule has 0 heterocycles. The molecule has 0 aliphatic rings. The van der Waals surface area contributed by atoms with Gasteiger partial charge in [0.1, 0.15) is 6.61 Å². The summed E-state index contributed by atoms with van der Waals surface area (Å²) in [4.78, 5) is 13.8. The minimum Gasteiger partial charge on any atom is -0.397 e. The number of hydrogen-bond acceptors (Lipinski definition) is 3. The largest absolute Gasteiger partial charge is 0.397 e. The second kappa shape index (κ2) is 7.01. The topological polar surface area (TPSA) is 55.6 Å². The van der Waals surface area contributed by atoms with Crippen LogP contribution in [0.15, 0.2) is 24.3 Å². The maximum atomic E-state index is 12.1. The summed E-state index contributed by atoms with van der Waals surface area (Å²) in [6.45, 7) is 6.59. The van der Waals surface area contributed by atoms with Gasteiger partial charge in [0.15, 0.2) is 0 Å². The van der Waals surface area contributed by atoms with Crippen LogP contribution in [0.2, 0.25) is 0 Å².